The van der Waals surface area contributed by atoms with Crippen molar-refractivity contribution >= 4 is 7.28 Å². The average Bonchev–Trinajstić information content (AvgIpc) is 2.03. The summed E-state index contributed by atoms with van der Waals surface area (Å²) >= 11 is 0. The van der Waals surface area contributed by atoms with E-state index in [1.165, 1.54) is 18.3 Å². The Morgan fingerprint density at radius 3 is 2.33 bits per heavy atom. The highest BCUT2D eigenvalue weighted by Crippen LogP contribution is 2.10. The SMILES string of the molecule is CCC(C)C[B]C=C(C)C(C)C. The van der Waals surface area contributed by atoms with Gasteiger partial charge in [-0.25, -0.2) is 0 Å². The molecule has 0 aliphatic rings. The fourth-order valence-corrected chi connectivity index (χ4v) is 0.845. The molecule has 69 valence electrons. The first-order valence-electron chi connectivity index (χ1n) is 5.07. The summed E-state index contributed by atoms with van der Waals surface area (Å²) in [7, 11) is 2.31. The lowest BCUT2D eigenvalue weighted by molar-refractivity contribution is 0.623. The predicted molar refractivity (Wildman–Crippen MR) is 58.6 cm³/mol. The molecule has 12 heavy (non-hydrogen) atoms. The zero-order valence-electron chi connectivity index (χ0n) is 9.22. The molecule has 0 spiro atoms. The van der Waals surface area contributed by atoms with Crippen molar-refractivity contribution in [2.75, 3.05) is 0 Å². The van der Waals surface area contributed by atoms with E-state index < -0.39 is 0 Å². The minimum Gasteiger partial charge on any atom is -0.123 e. The Hall–Kier alpha value is -0.195. The van der Waals surface area contributed by atoms with Gasteiger partial charge < -0.3 is 0 Å². The molecule has 0 heterocycles. The summed E-state index contributed by atoms with van der Waals surface area (Å²) in [6, 6.07) is 0. The van der Waals surface area contributed by atoms with Gasteiger partial charge >= 0.3 is 0 Å². The first kappa shape index (κ1) is 11.8. The van der Waals surface area contributed by atoms with Gasteiger partial charge in [0.25, 0.3) is 0 Å². The summed E-state index contributed by atoms with van der Waals surface area (Å²) in [5, 5.41) is 0. The molecule has 1 radical (unpaired) electrons. The fourth-order valence-electron chi connectivity index (χ4n) is 0.845. The highest BCUT2D eigenvalue weighted by atomic mass is 14.0. The van der Waals surface area contributed by atoms with Gasteiger partial charge in [-0.2, -0.15) is 0 Å². The molecule has 0 aromatic rings. The van der Waals surface area contributed by atoms with E-state index in [-0.39, 0.29) is 0 Å². The molecule has 0 aliphatic carbocycles. The summed E-state index contributed by atoms with van der Waals surface area (Å²) in [6.45, 7) is 11.2. The van der Waals surface area contributed by atoms with Crippen molar-refractivity contribution in [3.63, 3.8) is 0 Å². The van der Waals surface area contributed by atoms with Crippen molar-refractivity contribution in [3.05, 3.63) is 11.5 Å². The molecule has 0 N–H and O–H groups in total. The Bertz CT molecular complexity index is 136. The van der Waals surface area contributed by atoms with Crippen molar-refractivity contribution in [1.29, 1.82) is 0 Å². The Morgan fingerprint density at radius 2 is 1.92 bits per heavy atom. The summed E-state index contributed by atoms with van der Waals surface area (Å²) in [5.74, 6) is 3.80. The number of allylic oxidation sites excluding steroid dienone is 1. The molecule has 1 unspecified atom stereocenters. The van der Waals surface area contributed by atoms with E-state index in [1.807, 2.05) is 0 Å². The number of rotatable bonds is 5. The lowest BCUT2D eigenvalue weighted by atomic mass is 9.68. The fraction of sp³-hybridized carbons (Fsp3) is 0.818. The van der Waals surface area contributed by atoms with Gasteiger partial charge in [0.05, 0.1) is 0 Å². The first-order valence-corrected chi connectivity index (χ1v) is 5.07. The molecule has 0 fully saturated rings. The van der Waals surface area contributed by atoms with Crippen LogP contribution in [-0.4, -0.2) is 7.28 Å². The van der Waals surface area contributed by atoms with Crippen LogP contribution in [0.25, 0.3) is 0 Å². The van der Waals surface area contributed by atoms with Gasteiger partial charge in [-0.05, 0) is 12.8 Å². The topological polar surface area (TPSA) is 0 Å². The van der Waals surface area contributed by atoms with E-state index in [0.29, 0.717) is 5.92 Å². The van der Waals surface area contributed by atoms with Crippen LogP contribution in [0.15, 0.2) is 11.5 Å². The lowest BCUT2D eigenvalue weighted by Crippen LogP contribution is -1.98. The van der Waals surface area contributed by atoms with Gasteiger partial charge in [0.15, 0.2) is 0 Å². The van der Waals surface area contributed by atoms with Gasteiger partial charge in [-0.3, -0.25) is 0 Å². The predicted octanol–water partition coefficient (Wildman–Crippen LogP) is 3.71. The van der Waals surface area contributed by atoms with Crippen LogP contribution in [0.4, 0.5) is 0 Å². The van der Waals surface area contributed by atoms with Crippen molar-refractivity contribution < 1.29 is 0 Å². The molecule has 0 rings (SSSR count). The van der Waals surface area contributed by atoms with Crippen LogP contribution < -0.4 is 0 Å². The van der Waals surface area contributed by atoms with Crippen molar-refractivity contribution in [2.24, 2.45) is 11.8 Å². The molecule has 0 amide bonds. The van der Waals surface area contributed by atoms with E-state index in [0.717, 1.165) is 5.92 Å². The standard InChI is InChI=1S/C11H22B/c1-6-10(4)7-12-8-11(5)9(2)3/h8-10H,6-7H2,1-5H3. The minimum absolute atomic E-state index is 0.693. The lowest BCUT2D eigenvalue weighted by Gasteiger charge is -2.07. The van der Waals surface area contributed by atoms with Gasteiger partial charge in [0.2, 0.25) is 0 Å². The molecular weight excluding hydrogens is 143 g/mol. The van der Waals surface area contributed by atoms with Crippen molar-refractivity contribution in [1.82, 2.24) is 0 Å². The quantitative estimate of drug-likeness (QED) is 0.544. The highest BCUT2D eigenvalue weighted by Gasteiger charge is 1.99. The van der Waals surface area contributed by atoms with E-state index >= 15 is 0 Å². The molecule has 0 nitrogen and oxygen atoms in total. The van der Waals surface area contributed by atoms with E-state index in [2.05, 4.69) is 47.9 Å². The second-order valence-corrected chi connectivity index (χ2v) is 4.05. The van der Waals surface area contributed by atoms with Crippen LogP contribution >= 0.6 is 0 Å². The van der Waals surface area contributed by atoms with Gasteiger partial charge in [0, 0.05) is 0 Å². The molecular formula is C11H22B. The largest absolute Gasteiger partial charge is 0.141 e. The van der Waals surface area contributed by atoms with Crippen LogP contribution in [0.1, 0.15) is 41.0 Å². The van der Waals surface area contributed by atoms with Crippen LogP contribution in [-0.2, 0) is 0 Å². The summed E-state index contributed by atoms with van der Waals surface area (Å²) in [5.41, 5.74) is 1.48. The number of hydrogen-bond donors (Lipinski definition) is 0. The van der Waals surface area contributed by atoms with E-state index in [9.17, 15) is 0 Å². The maximum Gasteiger partial charge on any atom is 0.141 e. The smallest absolute Gasteiger partial charge is 0.123 e. The monoisotopic (exact) mass is 165 g/mol. The molecule has 0 aromatic carbocycles. The third-order valence-corrected chi connectivity index (χ3v) is 2.53. The van der Waals surface area contributed by atoms with Crippen molar-refractivity contribution in [3.8, 4) is 0 Å². The normalized spacial score (nSPS) is 15.0. The van der Waals surface area contributed by atoms with Gasteiger partial charge in [0.1, 0.15) is 7.28 Å². The Labute approximate surface area is 78.7 Å². The second-order valence-electron chi connectivity index (χ2n) is 4.05. The highest BCUT2D eigenvalue weighted by molar-refractivity contribution is 6.42. The summed E-state index contributed by atoms with van der Waals surface area (Å²) < 4.78 is 0. The molecule has 1 heteroatoms. The first-order chi connectivity index (χ1) is 5.57. The second kappa shape index (κ2) is 6.34. The van der Waals surface area contributed by atoms with Gasteiger partial charge in [-0.1, -0.05) is 51.9 Å². The molecule has 0 saturated carbocycles. The van der Waals surface area contributed by atoms with E-state index in [1.54, 1.807) is 0 Å². The van der Waals surface area contributed by atoms with Crippen molar-refractivity contribution in [2.45, 2.75) is 47.4 Å². The number of hydrogen-bond acceptors (Lipinski definition) is 0. The molecule has 0 aromatic heterocycles. The zero-order valence-corrected chi connectivity index (χ0v) is 9.22. The van der Waals surface area contributed by atoms with Crippen LogP contribution in [0, 0.1) is 11.8 Å². The minimum atomic E-state index is 0.693. The molecule has 0 bridgehead atoms. The maximum absolute atomic E-state index is 2.31. The third-order valence-electron chi connectivity index (χ3n) is 2.53. The molecule has 1 atom stereocenters. The maximum atomic E-state index is 2.31. The molecule has 0 saturated heterocycles. The Kier molecular flexibility index (Phi) is 6.23. The summed E-state index contributed by atoms with van der Waals surface area (Å²) in [4.78, 5) is 0. The van der Waals surface area contributed by atoms with Crippen LogP contribution in [0.2, 0.25) is 6.32 Å². The zero-order chi connectivity index (χ0) is 9.56. The van der Waals surface area contributed by atoms with Crippen LogP contribution in [0.5, 0.6) is 0 Å². The van der Waals surface area contributed by atoms with Crippen LogP contribution in [0.3, 0.4) is 0 Å². The average molecular weight is 165 g/mol. The summed E-state index contributed by atoms with van der Waals surface area (Å²) in [6.07, 6.45) is 2.51. The molecule has 0 aliphatic heterocycles. The Morgan fingerprint density at radius 1 is 1.33 bits per heavy atom. The van der Waals surface area contributed by atoms with E-state index in [4.69, 9.17) is 0 Å². The third kappa shape index (κ3) is 5.45. The Balaban J connectivity index is 3.59. The van der Waals surface area contributed by atoms with Gasteiger partial charge in [-0.15, -0.1) is 5.98 Å².